The van der Waals surface area contributed by atoms with Gasteiger partial charge in [-0.1, -0.05) is 12.1 Å². The van der Waals surface area contributed by atoms with E-state index in [1.807, 2.05) is 24.4 Å². The van der Waals surface area contributed by atoms with Crippen LogP contribution in [0.25, 0.3) is 11.2 Å². The van der Waals surface area contributed by atoms with Crippen molar-refractivity contribution in [2.45, 2.75) is 25.3 Å². The van der Waals surface area contributed by atoms with Crippen molar-refractivity contribution in [1.29, 1.82) is 0 Å². The van der Waals surface area contributed by atoms with Gasteiger partial charge in [-0.25, -0.2) is 9.97 Å². The molecule has 2 aromatic heterocycles. The normalized spacial score (nSPS) is 15.7. The fraction of sp³-hybridized carbons (Fsp3) is 0.368. The van der Waals surface area contributed by atoms with Gasteiger partial charge in [0, 0.05) is 18.7 Å². The average Bonchev–Trinajstić information content (AvgIpc) is 3.00. The predicted octanol–water partition coefficient (Wildman–Crippen LogP) is 2.96. The summed E-state index contributed by atoms with van der Waals surface area (Å²) in [5.41, 5.74) is 3.19. The Kier molecular flexibility index (Phi) is 4.17. The smallest absolute Gasteiger partial charge is 0.160 e. The van der Waals surface area contributed by atoms with Crippen LogP contribution in [0.3, 0.4) is 0 Å². The summed E-state index contributed by atoms with van der Waals surface area (Å²) in [6.07, 6.45) is 4.88. The van der Waals surface area contributed by atoms with Crippen LogP contribution in [-0.2, 0) is 6.42 Å². The summed E-state index contributed by atoms with van der Waals surface area (Å²) < 4.78 is 7.71. The molecule has 1 saturated heterocycles. The van der Waals surface area contributed by atoms with Crippen molar-refractivity contribution >= 4 is 11.2 Å². The monoisotopic (exact) mass is 322 g/mol. The summed E-state index contributed by atoms with van der Waals surface area (Å²) in [5, 5.41) is 3.44. The number of fused-ring (bicyclic) bond motifs is 1. The Morgan fingerprint density at radius 2 is 2.08 bits per heavy atom. The first-order valence-electron chi connectivity index (χ1n) is 8.50. The van der Waals surface area contributed by atoms with Crippen LogP contribution in [0.5, 0.6) is 5.75 Å². The van der Waals surface area contributed by atoms with Crippen molar-refractivity contribution in [3.63, 3.8) is 0 Å². The Balaban J connectivity index is 1.75. The lowest BCUT2D eigenvalue weighted by molar-refractivity contribution is 0.367. The van der Waals surface area contributed by atoms with E-state index in [0.717, 1.165) is 55.1 Å². The van der Waals surface area contributed by atoms with E-state index in [-0.39, 0.29) is 0 Å². The molecule has 124 valence electrons. The zero-order chi connectivity index (χ0) is 16.4. The van der Waals surface area contributed by atoms with E-state index in [1.54, 1.807) is 7.11 Å². The van der Waals surface area contributed by atoms with Gasteiger partial charge in [-0.15, -0.1) is 0 Å². The fourth-order valence-electron chi connectivity index (χ4n) is 3.51. The fourth-order valence-corrected chi connectivity index (χ4v) is 3.51. The molecule has 0 spiro atoms. The molecule has 0 radical (unpaired) electrons. The van der Waals surface area contributed by atoms with Gasteiger partial charge in [0.1, 0.15) is 17.1 Å². The van der Waals surface area contributed by atoms with Gasteiger partial charge >= 0.3 is 0 Å². The first-order valence-corrected chi connectivity index (χ1v) is 8.50. The van der Waals surface area contributed by atoms with Gasteiger partial charge in [0.25, 0.3) is 0 Å². The molecule has 5 nitrogen and oxygen atoms in total. The van der Waals surface area contributed by atoms with Gasteiger partial charge in [-0.3, -0.25) is 0 Å². The first-order chi connectivity index (χ1) is 11.8. The Hall–Kier alpha value is -2.40. The van der Waals surface area contributed by atoms with Crippen LogP contribution in [0, 0.1) is 0 Å². The minimum atomic E-state index is 0.465. The highest BCUT2D eigenvalue weighted by atomic mass is 16.5. The molecule has 1 aromatic carbocycles. The number of nitrogens with one attached hydrogen (secondary N) is 1. The molecule has 0 amide bonds. The number of benzene rings is 1. The van der Waals surface area contributed by atoms with Crippen molar-refractivity contribution in [3.05, 3.63) is 54.0 Å². The summed E-state index contributed by atoms with van der Waals surface area (Å²) in [6, 6.07) is 12.7. The van der Waals surface area contributed by atoms with Crippen molar-refractivity contribution in [1.82, 2.24) is 19.9 Å². The van der Waals surface area contributed by atoms with E-state index in [4.69, 9.17) is 9.72 Å². The third-order valence-electron chi connectivity index (χ3n) is 4.69. The molecule has 1 fully saturated rings. The number of hydrogen-bond donors (Lipinski definition) is 1. The molecule has 0 aliphatic carbocycles. The largest absolute Gasteiger partial charge is 0.497 e. The molecule has 0 saturated carbocycles. The highest BCUT2D eigenvalue weighted by Crippen LogP contribution is 2.27. The average molecular weight is 322 g/mol. The van der Waals surface area contributed by atoms with Crippen LogP contribution in [0.1, 0.15) is 30.3 Å². The second kappa shape index (κ2) is 6.61. The maximum absolute atomic E-state index is 5.35. The third kappa shape index (κ3) is 2.87. The minimum absolute atomic E-state index is 0.465. The molecule has 3 aromatic rings. The van der Waals surface area contributed by atoms with Gasteiger partial charge < -0.3 is 14.6 Å². The van der Waals surface area contributed by atoms with Crippen LogP contribution < -0.4 is 10.1 Å². The molecule has 0 atom stereocenters. The summed E-state index contributed by atoms with van der Waals surface area (Å²) in [5.74, 6) is 1.97. The summed E-state index contributed by atoms with van der Waals surface area (Å²) in [7, 11) is 1.70. The molecular formula is C19H22N4O. The second-order valence-corrected chi connectivity index (χ2v) is 6.25. The van der Waals surface area contributed by atoms with E-state index in [2.05, 4.69) is 33.1 Å². The minimum Gasteiger partial charge on any atom is -0.497 e. The molecule has 1 aliphatic heterocycles. The third-order valence-corrected chi connectivity index (χ3v) is 4.69. The lowest BCUT2D eigenvalue weighted by Crippen LogP contribution is -2.30. The number of nitrogens with zero attached hydrogens (tertiary/aromatic N) is 3. The standard InChI is InChI=1S/C19H22N4O/c1-24-16-5-2-4-14(12-16)13-18-22-17-6-3-9-21-19(17)23(18)15-7-10-20-11-8-15/h2-6,9,12,15,20H,7-8,10-11,13H2,1H3. The van der Waals surface area contributed by atoms with Crippen LogP contribution >= 0.6 is 0 Å². The molecule has 1 aliphatic rings. The molecule has 1 N–H and O–H groups in total. The number of piperidine rings is 1. The Morgan fingerprint density at radius 1 is 1.21 bits per heavy atom. The van der Waals surface area contributed by atoms with Crippen molar-refractivity contribution < 1.29 is 4.74 Å². The lowest BCUT2D eigenvalue weighted by atomic mass is 10.1. The first kappa shape index (κ1) is 15.1. The topological polar surface area (TPSA) is 52.0 Å². The van der Waals surface area contributed by atoms with Crippen molar-refractivity contribution in [2.24, 2.45) is 0 Å². The number of aromatic nitrogens is 3. The van der Waals surface area contributed by atoms with E-state index < -0.39 is 0 Å². The lowest BCUT2D eigenvalue weighted by Gasteiger charge is -2.26. The molecule has 3 heterocycles. The Bertz CT molecular complexity index is 836. The molecule has 0 unspecified atom stereocenters. The Morgan fingerprint density at radius 3 is 2.92 bits per heavy atom. The molecule has 5 heteroatoms. The SMILES string of the molecule is COc1cccc(Cc2nc3cccnc3n2C2CCNCC2)c1. The second-order valence-electron chi connectivity index (χ2n) is 6.25. The Labute approximate surface area is 141 Å². The van der Waals surface area contributed by atoms with Crippen LogP contribution in [0.4, 0.5) is 0 Å². The number of pyridine rings is 1. The molecule has 4 rings (SSSR count). The summed E-state index contributed by atoms with van der Waals surface area (Å²) in [4.78, 5) is 9.49. The number of hydrogen-bond acceptors (Lipinski definition) is 4. The van der Waals surface area contributed by atoms with Crippen LogP contribution in [0.15, 0.2) is 42.6 Å². The quantitative estimate of drug-likeness (QED) is 0.802. The van der Waals surface area contributed by atoms with Gasteiger partial charge in [-0.2, -0.15) is 0 Å². The molecule has 24 heavy (non-hydrogen) atoms. The number of rotatable bonds is 4. The van der Waals surface area contributed by atoms with E-state index in [0.29, 0.717) is 6.04 Å². The van der Waals surface area contributed by atoms with Gasteiger partial charge in [0.05, 0.1) is 7.11 Å². The summed E-state index contributed by atoms with van der Waals surface area (Å²) in [6.45, 7) is 2.10. The summed E-state index contributed by atoms with van der Waals surface area (Å²) >= 11 is 0. The number of methoxy groups -OCH3 is 1. The van der Waals surface area contributed by atoms with E-state index in [9.17, 15) is 0 Å². The zero-order valence-corrected chi connectivity index (χ0v) is 13.9. The van der Waals surface area contributed by atoms with Crippen LogP contribution in [-0.4, -0.2) is 34.7 Å². The van der Waals surface area contributed by atoms with Gasteiger partial charge in [0.15, 0.2) is 5.65 Å². The van der Waals surface area contributed by atoms with Gasteiger partial charge in [-0.05, 0) is 55.8 Å². The van der Waals surface area contributed by atoms with Gasteiger partial charge in [0.2, 0.25) is 0 Å². The highest BCUT2D eigenvalue weighted by molar-refractivity contribution is 5.71. The number of ether oxygens (including phenoxy) is 1. The van der Waals surface area contributed by atoms with E-state index in [1.165, 1.54) is 5.56 Å². The zero-order valence-electron chi connectivity index (χ0n) is 13.9. The highest BCUT2D eigenvalue weighted by Gasteiger charge is 2.22. The van der Waals surface area contributed by atoms with E-state index >= 15 is 0 Å². The van der Waals surface area contributed by atoms with Crippen LogP contribution in [0.2, 0.25) is 0 Å². The van der Waals surface area contributed by atoms with Crippen molar-refractivity contribution in [2.75, 3.05) is 20.2 Å². The maximum atomic E-state index is 5.35. The number of imidazole rings is 1. The maximum Gasteiger partial charge on any atom is 0.160 e. The predicted molar refractivity (Wildman–Crippen MR) is 94.5 cm³/mol. The molecular weight excluding hydrogens is 300 g/mol. The van der Waals surface area contributed by atoms with Crippen molar-refractivity contribution in [3.8, 4) is 5.75 Å². The molecule has 0 bridgehead atoms.